The Morgan fingerprint density at radius 2 is 2.27 bits per heavy atom. The van der Waals surface area contributed by atoms with Gasteiger partial charge in [-0.25, -0.2) is 0 Å². The molecule has 0 radical (unpaired) electrons. The first-order valence-corrected chi connectivity index (χ1v) is 6.38. The first kappa shape index (κ1) is 13.0. The SMILES string of the molecule is COCC(CSc1ccccc1Br)NN. The fourth-order valence-electron chi connectivity index (χ4n) is 1.10. The number of halogens is 1. The smallest absolute Gasteiger partial charge is 0.0637 e. The molecule has 1 unspecified atom stereocenters. The minimum absolute atomic E-state index is 0.173. The Morgan fingerprint density at radius 1 is 1.53 bits per heavy atom. The molecule has 0 aromatic heterocycles. The molecule has 0 amide bonds. The van der Waals surface area contributed by atoms with Crippen molar-refractivity contribution < 1.29 is 4.74 Å². The quantitative estimate of drug-likeness (QED) is 0.478. The van der Waals surface area contributed by atoms with Crippen LogP contribution in [0.3, 0.4) is 0 Å². The van der Waals surface area contributed by atoms with Gasteiger partial charge in [0.2, 0.25) is 0 Å². The highest BCUT2D eigenvalue weighted by Crippen LogP contribution is 2.27. The predicted octanol–water partition coefficient (Wildman–Crippen LogP) is 2.02. The van der Waals surface area contributed by atoms with Crippen LogP contribution >= 0.6 is 27.7 Å². The van der Waals surface area contributed by atoms with E-state index in [1.165, 1.54) is 4.90 Å². The standard InChI is InChI=1S/C10H15BrN2OS/c1-14-6-8(13-12)7-15-10-5-3-2-4-9(10)11/h2-5,8,13H,6-7,12H2,1H3. The van der Waals surface area contributed by atoms with Crippen LogP contribution in [0.25, 0.3) is 0 Å². The average molecular weight is 291 g/mol. The summed E-state index contributed by atoms with van der Waals surface area (Å²) in [5, 5.41) is 0. The maximum absolute atomic E-state index is 5.41. The van der Waals surface area contributed by atoms with Crippen LogP contribution in [0.15, 0.2) is 33.6 Å². The van der Waals surface area contributed by atoms with Gasteiger partial charge in [-0.1, -0.05) is 12.1 Å². The second kappa shape index (κ2) is 7.24. The number of nitrogens with one attached hydrogen (secondary N) is 1. The van der Waals surface area contributed by atoms with Crippen molar-refractivity contribution in [1.29, 1.82) is 0 Å². The van der Waals surface area contributed by atoms with E-state index in [4.69, 9.17) is 10.6 Å². The highest BCUT2D eigenvalue weighted by atomic mass is 79.9. The van der Waals surface area contributed by atoms with Crippen molar-refractivity contribution in [2.75, 3.05) is 19.5 Å². The molecule has 15 heavy (non-hydrogen) atoms. The van der Waals surface area contributed by atoms with Gasteiger partial charge in [0.05, 0.1) is 12.6 Å². The second-order valence-corrected chi connectivity index (χ2v) is 4.98. The molecule has 0 fully saturated rings. The zero-order valence-electron chi connectivity index (χ0n) is 8.57. The molecule has 0 saturated carbocycles. The Bertz CT molecular complexity index is 299. The topological polar surface area (TPSA) is 47.3 Å². The molecule has 3 N–H and O–H groups in total. The Balaban J connectivity index is 2.45. The van der Waals surface area contributed by atoms with Crippen LogP contribution in [0.1, 0.15) is 0 Å². The molecule has 0 aliphatic rings. The molecule has 0 aliphatic heterocycles. The van der Waals surface area contributed by atoms with Gasteiger partial charge in [-0.2, -0.15) is 0 Å². The van der Waals surface area contributed by atoms with E-state index in [0.29, 0.717) is 6.61 Å². The van der Waals surface area contributed by atoms with Gasteiger partial charge < -0.3 is 4.74 Å². The molecule has 84 valence electrons. The van der Waals surface area contributed by atoms with Crippen LogP contribution in [0.5, 0.6) is 0 Å². The second-order valence-electron chi connectivity index (χ2n) is 3.06. The highest BCUT2D eigenvalue weighted by Gasteiger charge is 2.07. The number of benzene rings is 1. The first-order chi connectivity index (χ1) is 7.27. The lowest BCUT2D eigenvalue weighted by Gasteiger charge is -2.14. The van der Waals surface area contributed by atoms with Gasteiger partial charge in [-0.05, 0) is 28.1 Å². The van der Waals surface area contributed by atoms with Crippen molar-refractivity contribution >= 4 is 27.7 Å². The largest absolute Gasteiger partial charge is 0.383 e. The van der Waals surface area contributed by atoms with Gasteiger partial charge in [0, 0.05) is 22.2 Å². The summed E-state index contributed by atoms with van der Waals surface area (Å²) in [6.07, 6.45) is 0. The van der Waals surface area contributed by atoms with E-state index in [9.17, 15) is 0 Å². The summed E-state index contributed by atoms with van der Waals surface area (Å²) in [6, 6.07) is 8.31. The first-order valence-electron chi connectivity index (χ1n) is 4.60. The van der Waals surface area contributed by atoms with Gasteiger partial charge in [-0.15, -0.1) is 11.8 Å². The number of hydrazine groups is 1. The molecule has 3 nitrogen and oxygen atoms in total. The number of thioether (sulfide) groups is 1. The van der Waals surface area contributed by atoms with Gasteiger partial charge in [0.25, 0.3) is 0 Å². The summed E-state index contributed by atoms with van der Waals surface area (Å²) in [5.74, 6) is 6.29. The average Bonchev–Trinajstić information content (AvgIpc) is 2.26. The van der Waals surface area contributed by atoms with Crippen LogP contribution < -0.4 is 11.3 Å². The van der Waals surface area contributed by atoms with Crippen LogP contribution in [-0.2, 0) is 4.74 Å². The number of hydrogen-bond donors (Lipinski definition) is 2. The number of ether oxygens (including phenoxy) is 1. The lowest BCUT2D eigenvalue weighted by atomic mass is 10.4. The van der Waals surface area contributed by atoms with Gasteiger partial charge in [-0.3, -0.25) is 11.3 Å². The highest BCUT2D eigenvalue weighted by molar-refractivity contribution is 9.10. The Kier molecular flexibility index (Phi) is 6.28. The van der Waals surface area contributed by atoms with E-state index in [1.807, 2.05) is 18.2 Å². The van der Waals surface area contributed by atoms with Gasteiger partial charge >= 0.3 is 0 Å². The van der Waals surface area contributed by atoms with Crippen molar-refractivity contribution in [2.24, 2.45) is 5.84 Å². The molecule has 1 aromatic carbocycles. The van der Waals surface area contributed by atoms with Crippen LogP contribution in [0.2, 0.25) is 0 Å². The monoisotopic (exact) mass is 290 g/mol. The van der Waals surface area contributed by atoms with Crippen LogP contribution in [-0.4, -0.2) is 25.5 Å². The van der Waals surface area contributed by atoms with E-state index >= 15 is 0 Å². The van der Waals surface area contributed by atoms with E-state index in [2.05, 4.69) is 27.4 Å². The van der Waals surface area contributed by atoms with E-state index in [0.717, 1.165) is 10.2 Å². The molecule has 1 rings (SSSR count). The minimum atomic E-state index is 0.173. The third kappa shape index (κ3) is 4.53. The summed E-state index contributed by atoms with van der Waals surface area (Å²) in [6.45, 7) is 0.619. The Labute approximate surface area is 103 Å². The number of hydrogen-bond acceptors (Lipinski definition) is 4. The van der Waals surface area contributed by atoms with Gasteiger partial charge in [0.15, 0.2) is 0 Å². The summed E-state index contributed by atoms with van der Waals surface area (Å²) >= 11 is 5.25. The third-order valence-electron chi connectivity index (χ3n) is 1.88. The Morgan fingerprint density at radius 3 is 2.87 bits per heavy atom. The minimum Gasteiger partial charge on any atom is -0.383 e. The number of nitrogens with two attached hydrogens (primary N) is 1. The van der Waals surface area contributed by atoms with Crippen molar-refractivity contribution in [3.63, 3.8) is 0 Å². The number of methoxy groups -OCH3 is 1. The summed E-state index contributed by atoms with van der Waals surface area (Å²) < 4.78 is 6.16. The lowest BCUT2D eigenvalue weighted by molar-refractivity contribution is 0.174. The van der Waals surface area contributed by atoms with E-state index in [1.54, 1.807) is 18.9 Å². The zero-order valence-corrected chi connectivity index (χ0v) is 11.0. The van der Waals surface area contributed by atoms with Crippen LogP contribution in [0.4, 0.5) is 0 Å². The molecule has 0 spiro atoms. The van der Waals surface area contributed by atoms with Crippen LogP contribution in [0, 0.1) is 0 Å². The van der Waals surface area contributed by atoms with Gasteiger partial charge in [0.1, 0.15) is 0 Å². The Hall–Kier alpha value is -0.0700. The molecule has 1 atom stereocenters. The normalized spacial score (nSPS) is 12.7. The fourth-order valence-corrected chi connectivity index (χ4v) is 2.68. The predicted molar refractivity (Wildman–Crippen MR) is 67.9 cm³/mol. The maximum Gasteiger partial charge on any atom is 0.0637 e. The lowest BCUT2D eigenvalue weighted by Crippen LogP contribution is -2.40. The molecule has 1 aromatic rings. The summed E-state index contributed by atoms with van der Waals surface area (Å²) in [7, 11) is 1.67. The van der Waals surface area contributed by atoms with E-state index in [-0.39, 0.29) is 6.04 Å². The molecule has 0 aliphatic carbocycles. The molecular formula is C10H15BrN2OS. The van der Waals surface area contributed by atoms with Crippen molar-refractivity contribution in [3.05, 3.63) is 28.7 Å². The molecule has 0 saturated heterocycles. The fraction of sp³-hybridized carbons (Fsp3) is 0.400. The summed E-state index contributed by atoms with van der Waals surface area (Å²) in [4.78, 5) is 1.22. The molecule has 0 bridgehead atoms. The summed E-state index contributed by atoms with van der Waals surface area (Å²) in [5.41, 5.74) is 2.73. The molecule has 0 heterocycles. The molecule has 5 heteroatoms. The van der Waals surface area contributed by atoms with Crippen molar-refractivity contribution in [2.45, 2.75) is 10.9 Å². The maximum atomic E-state index is 5.41. The zero-order chi connectivity index (χ0) is 11.1. The van der Waals surface area contributed by atoms with Crippen molar-refractivity contribution in [3.8, 4) is 0 Å². The molecular weight excluding hydrogens is 276 g/mol. The van der Waals surface area contributed by atoms with E-state index < -0.39 is 0 Å². The number of rotatable bonds is 6. The van der Waals surface area contributed by atoms with Crippen molar-refractivity contribution in [1.82, 2.24) is 5.43 Å². The third-order valence-corrected chi connectivity index (χ3v) is 4.07.